The second-order valence-corrected chi connectivity index (χ2v) is 5.63. The van der Waals surface area contributed by atoms with Gasteiger partial charge in [-0.15, -0.1) is 0 Å². The smallest absolute Gasteiger partial charge is 0.430 e. The number of hydrogen-bond donors (Lipinski definition) is 3. The van der Waals surface area contributed by atoms with E-state index in [1.807, 2.05) is 0 Å². The molecule has 1 saturated heterocycles. The fourth-order valence-electron chi connectivity index (χ4n) is 1.66. The lowest BCUT2D eigenvalue weighted by Gasteiger charge is -2.17. The van der Waals surface area contributed by atoms with E-state index < -0.39 is 24.3 Å². The second kappa shape index (κ2) is 12.7. The fraction of sp³-hybridized carbons (Fsp3) is 0.846. The summed E-state index contributed by atoms with van der Waals surface area (Å²) in [7, 11) is 4.46. The molecule has 7 nitrogen and oxygen atoms in total. The summed E-state index contributed by atoms with van der Waals surface area (Å²) in [5, 5.41) is 21.0. The zero-order valence-corrected chi connectivity index (χ0v) is 14.4. The molecule has 1 aliphatic heterocycles. The van der Waals surface area contributed by atoms with Gasteiger partial charge in [-0.2, -0.15) is 26.3 Å². The van der Waals surface area contributed by atoms with Gasteiger partial charge in [0.25, 0.3) is 0 Å². The van der Waals surface area contributed by atoms with Crippen molar-refractivity contribution in [1.29, 1.82) is 0 Å². The lowest BCUT2D eigenvalue weighted by atomic mass is 10.4. The van der Waals surface area contributed by atoms with Crippen LogP contribution in [0.25, 0.3) is 0 Å². The molecule has 1 heterocycles. The summed E-state index contributed by atoms with van der Waals surface area (Å²) in [4.78, 5) is 20.9. The van der Waals surface area contributed by atoms with Gasteiger partial charge in [-0.3, -0.25) is 0 Å². The molecule has 0 aliphatic carbocycles. The molecular weight excluding hydrogens is 376 g/mol. The molecule has 26 heavy (non-hydrogen) atoms. The predicted octanol–water partition coefficient (Wildman–Crippen LogP) is -4.39. The van der Waals surface area contributed by atoms with Crippen LogP contribution in [-0.2, 0) is 9.59 Å². The second-order valence-electron chi connectivity index (χ2n) is 5.63. The Bertz CT molecular complexity index is 384. The van der Waals surface area contributed by atoms with E-state index >= 15 is 0 Å². The number of carboxylic acid groups (broad SMARTS) is 2. The molecule has 0 radical (unpaired) electrons. The third kappa shape index (κ3) is 17.2. The fourth-order valence-corrected chi connectivity index (χ4v) is 1.66. The van der Waals surface area contributed by atoms with E-state index in [0.29, 0.717) is 0 Å². The third-order valence-electron chi connectivity index (χ3n) is 2.98. The van der Waals surface area contributed by atoms with Gasteiger partial charge < -0.3 is 34.9 Å². The molecule has 1 aliphatic rings. The lowest BCUT2D eigenvalue weighted by molar-refractivity contribution is -0.940. The van der Waals surface area contributed by atoms with Crippen LogP contribution < -0.4 is 25.3 Å². The van der Waals surface area contributed by atoms with Crippen molar-refractivity contribution in [3.8, 4) is 0 Å². The molecule has 156 valence electrons. The quantitative estimate of drug-likeness (QED) is 0.416. The number of alkyl halides is 6. The van der Waals surface area contributed by atoms with Crippen LogP contribution in [0.5, 0.6) is 0 Å². The highest BCUT2D eigenvalue weighted by molar-refractivity contribution is 5.71. The summed E-state index contributed by atoms with van der Waals surface area (Å²) in [6, 6.07) is 0. The first-order valence-corrected chi connectivity index (χ1v) is 7.57. The molecule has 0 spiro atoms. The number of aliphatic carboxylic acids is 2. The molecule has 0 bridgehead atoms. The molecule has 1 fully saturated rings. The lowest BCUT2D eigenvalue weighted by Crippen LogP contribution is -3.18. The summed E-state index contributed by atoms with van der Waals surface area (Å²) >= 11 is 0. The van der Waals surface area contributed by atoms with Crippen molar-refractivity contribution < 1.29 is 55.9 Å². The molecule has 3 N–H and O–H groups in total. The molecule has 0 saturated carbocycles. The molecule has 0 aromatic rings. The largest absolute Gasteiger partial charge is 0.542 e. The summed E-state index contributed by atoms with van der Waals surface area (Å²) in [5.74, 6) is -6.01. The molecule has 0 amide bonds. The van der Waals surface area contributed by atoms with Crippen LogP contribution in [0, 0.1) is 0 Å². The number of hydrogen-bond acceptors (Lipinski definition) is 5. The van der Waals surface area contributed by atoms with Gasteiger partial charge in [-0.1, -0.05) is 0 Å². The zero-order chi connectivity index (χ0) is 21.0. The molecule has 1 atom stereocenters. The first-order valence-electron chi connectivity index (χ1n) is 7.57. The van der Waals surface area contributed by atoms with Gasteiger partial charge in [0.15, 0.2) is 0 Å². The minimum atomic E-state index is -5.19. The van der Waals surface area contributed by atoms with Gasteiger partial charge in [0, 0.05) is 19.5 Å². The van der Waals surface area contributed by atoms with Crippen LogP contribution in [0.1, 0.15) is 6.42 Å². The Kier molecular flexibility index (Phi) is 13.0. The van der Waals surface area contributed by atoms with Gasteiger partial charge in [-0.05, 0) is 0 Å². The highest BCUT2D eigenvalue weighted by Crippen LogP contribution is 2.12. The van der Waals surface area contributed by atoms with Crippen molar-refractivity contribution in [3.05, 3.63) is 0 Å². The number of carbonyl (C=O) groups excluding carboxylic acids is 2. The third-order valence-corrected chi connectivity index (χ3v) is 2.98. The average molecular weight is 399 g/mol. The Morgan fingerprint density at radius 2 is 1.38 bits per heavy atom. The number of nitrogens with one attached hydrogen (secondary N) is 3. The van der Waals surface area contributed by atoms with Crippen molar-refractivity contribution in [2.45, 2.75) is 18.8 Å². The molecule has 0 aromatic carbocycles. The number of likely N-dealkylation sites (N-methyl/N-ethyl adjacent to an activating group) is 1. The zero-order valence-electron chi connectivity index (χ0n) is 14.4. The van der Waals surface area contributed by atoms with Gasteiger partial charge in [0.1, 0.15) is 25.0 Å². The van der Waals surface area contributed by atoms with Gasteiger partial charge >= 0.3 is 12.4 Å². The highest BCUT2D eigenvalue weighted by atomic mass is 19.4. The van der Waals surface area contributed by atoms with Crippen molar-refractivity contribution >= 4 is 11.9 Å². The number of quaternary nitrogens is 2. The van der Waals surface area contributed by atoms with E-state index in [1.54, 1.807) is 9.80 Å². The van der Waals surface area contributed by atoms with Crippen LogP contribution in [0.3, 0.4) is 0 Å². The monoisotopic (exact) mass is 399 g/mol. The molecular formula is C13H23F6N3O4. The number of rotatable bonds is 3. The van der Waals surface area contributed by atoms with Crippen LogP contribution in [-0.4, -0.2) is 77.7 Å². The van der Waals surface area contributed by atoms with Crippen LogP contribution in [0.4, 0.5) is 26.3 Å². The first kappa shape index (κ1) is 26.6. The predicted molar refractivity (Wildman–Crippen MR) is 72.9 cm³/mol. The normalized spacial score (nSPS) is 18.0. The van der Waals surface area contributed by atoms with E-state index in [9.17, 15) is 26.3 Å². The Balaban J connectivity index is 0. The van der Waals surface area contributed by atoms with Crippen molar-refractivity contribution in [1.82, 2.24) is 5.32 Å². The van der Waals surface area contributed by atoms with E-state index in [4.69, 9.17) is 19.8 Å². The SMILES string of the molecule is C[NH+](C)CC[NH+]1CCCNCC1.O=C([O-])C(F)(F)F.O=C([O-])C(F)(F)F. The molecule has 1 rings (SSSR count). The summed E-state index contributed by atoms with van der Waals surface area (Å²) in [6.45, 7) is 7.74. The van der Waals surface area contributed by atoms with Crippen LogP contribution >= 0.6 is 0 Å². The maximum absolute atomic E-state index is 10.5. The summed E-state index contributed by atoms with van der Waals surface area (Å²) < 4.78 is 63.1. The summed E-state index contributed by atoms with van der Waals surface area (Å²) in [6.07, 6.45) is -9.04. The van der Waals surface area contributed by atoms with E-state index in [0.717, 1.165) is 0 Å². The Labute approximate surface area is 146 Å². The van der Waals surface area contributed by atoms with Crippen LogP contribution in [0.2, 0.25) is 0 Å². The van der Waals surface area contributed by atoms with E-state index in [1.165, 1.54) is 45.7 Å². The van der Waals surface area contributed by atoms with E-state index in [2.05, 4.69) is 19.4 Å². The minimum Gasteiger partial charge on any atom is -0.542 e. The standard InChI is InChI=1S/C9H21N3.2C2HF3O2/c1-11(2)8-9-12-6-3-4-10-5-7-12;2*3-2(4,5)1(6)7/h10H,3-9H2,1-2H3;2*(H,6,7). The van der Waals surface area contributed by atoms with Crippen molar-refractivity contribution in [3.63, 3.8) is 0 Å². The first-order chi connectivity index (χ1) is 11.7. The van der Waals surface area contributed by atoms with Crippen molar-refractivity contribution in [2.24, 2.45) is 0 Å². The Morgan fingerprint density at radius 1 is 0.962 bits per heavy atom. The maximum atomic E-state index is 10.5. The van der Waals surface area contributed by atoms with Crippen molar-refractivity contribution in [2.75, 3.05) is 53.4 Å². The topological polar surface area (TPSA) is 101 Å². The van der Waals surface area contributed by atoms with Crippen LogP contribution in [0.15, 0.2) is 0 Å². The highest BCUT2D eigenvalue weighted by Gasteiger charge is 2.29. The Hall–Kier alpha value is -1.60. The molecule has 13 heteroatoms. The number of carbonyl (C=O) groups is 2. The number of carboxylic acids is 2. The molecule has 0 aromatic heterocycles. The van der Waals surface area contributed by atoms with E-state index in [-0.39, 0.29) is 0 Å². The minimum absolute atomic E-state index is 1.21. The summed E-state index contributed by atoms with van der Waals surface area (Å²) in [5.41, 5.74) is 0. The number of halogens is 6. The van der Waals surface area contributed by atoms with Gasteiger partial charge in [0.2, 0.25) is 0 Å². The van der Waals surface area contributed by atoms with Gasteiger partial charge in [-0.25, -0.2) is 0 Å². The average Bonchev–Trinajstić information content (AvgIpc) is 2.73. The Morgan fingerprint density at radius 3 is 1.73 bits per heavy atom. The molecule has 1 unspecified atom stereocenters. The maximum Gasteiger partial charge on any atom is 0.430 e. The van der Waals surface area contributed by atoms with Gasteiger partial charge in [0.05, 0.1) is 27.2 Å².